The summed E-state index contributed by atoms with van der Waals surface area (Å²) in [4.78, 5) is 13.0. The summed E-state index contributed by atoms with van der Waals surface area (Å²) in [5, 5.41) is 15.1. The van der Waals surface area contributed by atoms with Gasteiger partial charge in [-0.25, -0.2) is 9.37 Å². The molecule has 0 aliphatic rings. The van der Waals surface area contributed by atoms with Crippen molar-refractivity contribution >= 4 is 17.5 Å². The summed E-state index contributed by atoms with van der Waals surface area (Å²) < 4.78 is 13.8. The van der Waals surface area contributed by atoms with Gasteiger partial charge in [0, 0.05) is 42.9 Å². The Balaban J connectivity index is 1.91. The van der Waals surface area contributed by atoms with E-state index in [1.54, 1.807) is 37.5 Å². The van der Waals surface area contributed by atoms with Gasteiger partial charge in [0.25, 0.3) is 0 Å². The van der Waals surface area contributed by atoms with Crippen molar-refractivity contribution in [2.45, 2.75) is 13.3 Å². The Morgan fingerprint density at radius 1 is 1.15 bits per heavy atom. The van der Waals surface area contributed by atoms with Gasteiger partial charge < -0.3 is 15.7 Å². The van der Waals surface area contributed by atoms with Gasteiger partial charge in [-0.2, -0.15) is 4.98 Å². The highest BCUT2D eigenvalue weighted by Crippen LogP contribution is 2.24. The topological polar surface area (TPSA) is 83.0 Å². The number of halogens is 1. The molecule has 1 aromatic carbocycles. The van der Waals surface area contributed by atoms with Crippen molar-refractivity contribution in [1.82, 2.24) is 15.0 Å². The molecule has 0 bridgehead atoms. The zero-order valence-electron chi connectivity index (χ0n) is 14.4. The van der Waals surface area contributed by atoms with Crippen molar-refractivity contribution in [1.29, 1.82) is 0 Å². The van der Waals surface area contributed by atoms with Crippen LogP contribution in [0.15, 0.2) is 48.8 Å². The second kappa shape index (κ2) is 8.35. The SMILES string of the molecule is Cc1ccc(Nc2cc(-c3cccnc3)nc(NCCCO)n2)cc1F. The monoisotopic (exact) mass is 353 g/mol. The Morgan fingerprint density at radius 2 is 2.04 bits per heavy atom. The van der Waals surface area contributed by atoms with Crippen LogP contribution in [-0.4, -0.2) is 33.2 Å². The molecule has 0 amide bonds. The van der Waals surface area contributed by atoms with Crippen molar-refractivity contribution in [3.63, 3.8) is 0 Å². The lowest BCUT2D eigenvalue weighted by Crippen LogP contribution is -2.08. The summed E-state index contributed by atoms with van der Waals surface area (Å²) in [5.41, 5.74) is 2.72. The van der Waals surface area contributed by atoms with Crippen LogP contribution in [0, 0.1) is 12.7 Å². The first kappa shape index (κ1) is 17.8. The van der Waals surface area contributed by atoms with E-state index >= 15 is 0 Å². The average molecular weight is 353 g/mol. The summed E-state index contributed by atoms with van der Waals surface area (Å²) in [6.07, 6.45) is 4.00. The largest absolute Gasteiger partial charge is 0.396 e. The van der Waals surface area contributed by atoms with Gasteiger partial charge in [-0.15, -0.1) is 0 Å². The highest BCUT2D eigenvalue weighted by molar-refractivity contribution is 5.67. The third-order valence-electron chi connectivity index (χ3n) is 3.75. The van der Waals surface area contributed by atoms with Crippen LogP contribution in [-0.2, 0) is 0 Å². The van der Waals surface area contributed by atoms with Crippen LogP contribution in [0.5, 0.6) is 0 Å². The van der Waals surface area contributed by atoms with E-state index in [2.05, 4.69) is 25.6 Å². The third kappa shape index (κ3) is 4.52. The summed E-state index contributed by atoms with van der Waals surface area (Å²) in [7, 11) is 0. The lowest BCUT2D eigenvalue weighted by molar-refractivity contribution is 0.292. The Kier molecular flexibility index (Phi) is 5.70. The molecule has 0 atom stereocenters. The standard InChI is InChI=1S/C19H20FN5O/c1-13-5-6-15(10-16(13)20)23-18-11-17(14-4-2-7-21-12-14)24-19(25-18)22-8-3-9-26/h2,4-7,10-12,26H,3,8-9H2,1H3,(H2,22,23,24,25). The van der Waals surface area contributed by atoms with Crippen LogP contribution in [0.4, 0.5) is 21.8 Å². The lowest BCUT2D eigenvalue weighted by Gasteiger charge is -2.11. The van der Waals surface area contributed by atoms with E-state index in [0.717, 1.165) is 5.56 Å². The van der Waals surface area contributed by atoms with Crippen molar-refractivity contribution in [2.24, 2.45) is 0 Å². The molecule has 0 unspecified atom stereocenters. The van der Waals surface area contributed by atoms with Crippen molar-refractivity contribution in [3.8, 4) is 11.3 Å². The average Bonchev–Trinajstić information content (AvgIpc) is 2.66. The highest BCUT2D eigenvalue weighted by Gasteiger charge is 2.08. The molecule has 0 spiro atoms. The second-order valence-electron chi connectivity index (χ2n) is 5.80. The maximum atomic E-state index is 13.8. The molecule has 3 N–H and O–H groups in total. The van der Waals surface area contributed by atoms with Crippen LogP contribution in [0.2, 0.25) is 0 Å². The molecule has 0 saturated carbocycles. The van der Waals surface area contributed by atoms with E-state index in [9.17, 15) is 4.39 Å². The van der Waals surface area contributed by atoms with Gasteiger partial charge >= 0.3 is 0 Å². The molecule has 0 aliphatic heterocycles. The lowest BCUT2D eigenvalue weighted by atomic mass is 10.2. The summed E-state index contributed by atoms with van der Waals surface area (Å²) in [6, 6.07) is 10.5. The number of nitrogens with one attached hydrogen (secondary N) is 2. The van der Waals surface area contributed by atoms with E-state index in [-0.39, 0.29) is 12.4 Å². The van der Waals surface area contributed by atoms with Gasteiger partial charge in [0.05, 0.1) is 5.69 Å². The fraction of sp³-hybridized carbons (Fsp3) is 0.211. The van der Waals surface area contributed by atoms with Crippen molar-refractivity contribution in [2.75, 3.05) is 23.8 Å². The van der Waals surface area contributed by atoms with Crippen LogP contribution < -0.4 is 10.6 Å². The molecule has 0 aliphatic carbocycles. The second-order valence-corrected chi connectivity index (χ2v) is 5.80. The Morgan fingerprint density at radius 3 is 2.77 bits per heavy atom. The van der Waals surface area contributed by atoms with Crippen molar-refractivity contribution in [3.05, 3.63) is 60.2 Å². The Bertz CT molecular complexity index is 873. The van der Waals surface area contributed by atoms with Crippen LogP contribution >= 0.6 is 0 Å². The first-order chi connectivity index (χ1) is 12.7. The smallest absolute Gasteiger partial charge is 0.225 e. The number of pyridine rings is 1. The van der Waals surface area contributed by atoms with Crippen LogP contribution in [0.3, 0.4) is 0 Å². The van der Waals surface area contributed by atoms with Gasteiger partial charge in [0.15, 0.2) is 0 Å². The highest BCUT2D eigenvalue weighted by atomic mass is 19.1. The minimum Gasteiger partial charge on any atom is -0.396 e. The van der Waals surface area contributed by atoms with Gasteiger partial charge in [-0.3, -0.25) is 4.98 Å². The van der Waals surface area contributed by atoms with E-state index in [4.69, 9.17) is 5.11 Å². The maximum Gasteiger partial charge on any atom is 0.225 e. The predicted octanol–water partition coefficient (Wildman–Crippen LogP) is 3.52. The molecule has 0 fully saturated rings. The molecule has 2 heterocycles. The number of aromatic nitrogens is 3. The molecule has 3 aromatic rings. The maximum absolute atomic E-state index is 13.8. The Labute approximate surface area is 151 Å². The summed E-state index contributed by atoms with van der Waals surface area (Å²) >= 11 is 0. The van der Waals surface area contributed by atoms with E-state index < -0.39 is 0 Å². The van der Waals surface area contributed by atoms with Crippen LogP contribution in [0.1, 0.15) is 12.0 Å². The molecule has 7 heteroatoms. The molecule has 3 rings (SSSR count). The molecule has 0 saturated heterocycles. The summed E-state index contributed by atoms with van der Waals surface area (Å²) in [5.74, 6) is 0.682. The van der Waals surface area contributed by atoms with E-state index in [1.807, 2.05) is 12.1 Å². The fourth-order valence-electron chi connectivity index (χ4n) is 2.35. The minimum absolute atomic E-state index is 0.0864. The quantitative estimate of drug-likeness (QED) is 0.564. The Hall–Kier alpha value is -3.06. The molecular weight excluding hydrogens is 333 g/mol. The number of aryl methyl sites for hydroxylation is 1. The molecule has 6 nitrogen and oxygen atoms in total. The number of aliphatic hydroxyl groups excluding tert-OH is 1. The van der Waals surface area contributed by atoms with Gasteiger partial charge in [0.2, 0.25) is 5.95 Å². The van der Waals surface area contributed by atoms with Gasteiger partial charge in [-0.05, 0) is 43.2 Å². The number of hydrogen-bond donors (Lipinski definition) is 3. The number of nitrogens with zero attached hydrogens (tertiary/aromatic N) is 3. The van der Waals surface area contributed by atoms with Crippen molar-refractivity contribution < 1.29 is 9.50 Å². The number of rotatable bonds is 7. The third-order valence-corrected chi connectivity index (χ3v) is 3.75. The zero-order valence-corrected chi connectivity index (χ0v) is 14.4. The van der Waals surface area contributed by atoms with E-state index in [1.165, 1.54) is 6.07 Å². The normalized spacial score (nSPS) is 10.6. The van der Waals surface area contributed by atoms with Gasteiger partial charge in [0.1, 0.15) is 11.6 Å². The number of aliphatic hydroxyl groups is 1. The first-order valence-corrected chi connectivity index (χ1v) is 8.33. The first-order valence-electron chi connectivity index (χ1n) is 8.33. The van der Waals surface area contributed by atoms with Crippen LogP contribution in [0.25, 0.3) is 11.3 Å². The zero-order chi connectivity index (χ0) is 18.4. The molecule has 2 aromatic heterocycles. The molecular formula is C19H20FN5O. The van der Waals surface area contributed by atoms with Gasteiger partial charge in [-0.1, -0.05) is 6.07 Å². The number of benzene rings is 1. The summed E-state index contributed by atoms with van der Waals surface area (Å²) in [6.45, 7) is 2.35. The molecule has 26 heavy (non-hydrogen) atoms. The minimum atomic E-state index is -0.280. The fourth-order valence-corrected chi connectivity index (χ4v) is 2.35. The molecule has 134 valence electrons. The number of hydrogen-bond acceptors (Lipinski definition) is 6. The molecule has 0 radical (unpaired) electrons. The predicted molar refractivity (Wildman–Crippen MR) is 99.9 cm³/mol. The van der Waals surface area contributed by atoms with E-state index in [0.29, 0.717) is 41.7 Å². The number of anilines is 3.